The van der Waals surface area contributed by atoms with E-state index in [2.05, 4.69) is 5.32 Å². The molecule has 6 heteroatoms. The zero-order valence-electron chi connectivity index (χ0n) is 16.3. The number of ether oxygens (including phenoxy) is 1. The minimum Gasteiger partial charge on any atom is -0.497 e. The number of benzene rings is 1. The summed E-state index contributed by atoms with van der Waals surface area (Å²) in [6, 6.07) is 8.20. The van der Waals surface area contributed by atoms with Crippen molar-refractivity contribution >= 4 is 11.9 Å². The van der Waals surface area contributed by atoms with Gasteiger partial charge in [0.2, 0.25) is 5.91 Å². The Morgan fingerprint density at radius 2 is 1.78 bits per heavy atom. The number of methoxy groups -OCH3 is 1. The fourth-order valence-corrected chi connectivity index (χ4v) is 3.91. The van der Waals surface area contributed by atoms with Crippen LogP contribution in [0.2, 0.25) is 0 Å². The second-order valence-corrected chi connectivity index (χ2v) is 7.50. The van der Waals surface area contributed by atoms with Gasteiger partial charge in [0, 0.05) is 38.6 Å². The zero-order valence-corrected chi connectivity index (χ0v) is 16.3. The molecule has 1 N–H and O–H groups in total. The van der Waals surface area contributed by atoms with Gasteiger partial charge in [0.25, 0.3) is 0 Å². The van der Waals surface area contributed by atoms with E-state index in [4.69, 9.17) is 4.74 Å². The molecule has 0 atom stereocenters. The number of hydrogen-bond donors (Lipinski definition) is 1. The predicted octanol–water partition coefficient (Wildman–Crippen LogP) is 2.81. The molecule has 3 amide bonds. The average Bonchev–Trinajstić information content (AvgIpc) is 2.73. The van der Waals surface area contributed by atoms with Crippen LogP contribution < -0.4 is 10.1 Å². The van der Waals surface area contributed by atoms with E-state index < -0.39 is 0 Å². The van der Waals surface area contributed by atoms with E-state index in [1.165, 1.54) is 19.3 Å². The third-order valence-electron chi connectivity index (χ3n) is 5.61. The first-order chi connectivity index (χ1) is 13.2. The Bertz CT molecular complexity index is 635. The first-order valence-electron chi connectivity index (χ1n) is 10.1. The fraction of sp³-hybridized carbons (Fsp3) is 0.619. The van der Waals surface area contributed by atoms with Gasteiger partial charge in [-0.15, -0.1) is 0 Å². The van der Waals surface area contributed by atoms with Gasteiger partial charge in [0.1, 0.15) is 5.75 Å². The highest BCUT2D eigenvalue weighted by atomic mass is 16.5. The number of rotatable bonds is 5. The Balaban J connectivity index is 1.40. The monoisotopic (exact) mass is 373 g/mol. The number of piperazine rings is 1. The molecule has 1 saturated heterocycles. The van der Waals surface area contributed by atoms with Crippen molar-refractivity contribution in [2.24, 2.45) is 0 Å². The fourth-order valence-electron chi connectivity index (χ4n) is 3.91. The van der Waals surface area contributed by atoms with Crippen LogP contribution in [0.3, 0.4) is 0 Å². The highest BCUT2D eigenvalue weighted by Crippen LogP contribution is 2.18. The lowest BCUT2D eigenvalue weighted by Crippen LogP contribution is -2.54. The minimum atomic E-state index is 0.0328. The first-order valence-corrected chi connectivity index (χ1v) is 10.1. The summed E-state index contributed by atoms with van der Waals surface area (Å²) in [7, 11) is 1.65. The van der Waals surface area contributed by atoms with Crippen LogP contribution in [0.15, 0.2) is 24.3 Å². The molecule has 1 aliphatic carbocycles. The molecule has 1 heterocycles. The maximum Gasteiger partial charge on any atom is 0.317 e. The molecular formula is C21H31N3O3. The number of carbonyl (C=O) groups excluding carboxylic acids is 2. The van der Waals surface area contributed by atoms with Crippen molar-refractivity contribution in [2.75, 3.05) is 33.3 Å². The normalized spacial score (nSPS) is 18.3. The van der Waals surface area contributed by atoms with Gasteiger partial charge in [-0.2, -0.15) is 0 Å². The van der Waals surface area contributed by atoms with E-state index in [-0.39, 0.29) is 11.9 Å². The molecule has 148 valence electrons. The molecule has 6 nitrogen and oxygen atoms in total. The van der Waals surface area contributed by atoms with Gasteiger partial charge in [0.15, 0.2) is 0 Å². The van der Waals surface area contributed by atoms with Gasteiger partial charge in [-0.1, -0.05) is 31.4 Å². The van der Waals surface area contributed by atoms with Crippen LogP contribution >= 0.6 is 0 Å². The van der Waals surface area contributed by atoms with Gasteiger partial charge in [-0.05, 0) is 37.0 Å². The second kappa shape index (κ2) is 9.62. The van der Waals surface area contributed by atoms with Crippen molar-refractivity contribution in [3.8, 4) is 5.75 Å². The Hall–Kier alpha value is -2.24. The number of aryl methyl sites for hydroxylation is 1. The summed E-state index contributed by atoms with van der Waals surface area (Å²) in [5.41, 5.74) is 1.10. The minimum absolute atomic E-state index is 0.0328. The summed E-state index contributed by atoms with van der Waals surface area (Å²) in [6.07, 6.45) is 7.08. The highest BCUT2D eigenvalue weighted by Gasteiger charge is 2.25. The molecule has 1 aliphatic heterocycles. The quantitative estimate of drug-likeness (QED) is 0.863. The standard InChI is InChI=1S/C21H31N3O3/c1-27-19-9-5-6-17(16-19)10-11-20(25)23-12-14-24(15-13-23)21(26)22-18-7-3-2-4-8-18/h5-6,9,16,18H,2-4,7-8,10-15H2,1H3,(H,22,26). The van der Waals surface area contributed by atoms with Crippen LogP contribution in [0.4, 0.5) is 4.79 Å². The molecule has 2 fully saturated rings. The third kappa shape index (κ3) is 5.62. The number of amides is 3. The van der Waals surface area contributed by atoms with Crippen LogP contribution in [0.1, 0.15) is 44.1 Å². The molecule has 2 aliphatic rings. The predicted molar refractivity (Wildman–Crippen MR) is 105 cm³/mol. The molecule has 3 rings (SSSR count). The SMILES string of the molecule is COc1cccc(CCC(=O)N2CCN(C(=O)NC3CCCCC3)CC2)c1. The largest absolute Gasteiger partial charge is 0.497 e. The maximum absolute atomic E-state index is 12.5. The number of carbonyl (C=O) groups is 2. The van der Waals surface area contributed by atoms with Crippen LogP contribution in [0.5, 0.6) is 5.75 Å². The lowest BCUT2D eigenvalue weighted by molar-refractivity contribution is -0.132. The van der Waals surface area contributed by atoms with Crippen LogP contribution in [0.25, 0.3) is 0 Å². The summed E-state index contributed by atoms with van der Waals surface area (Å²) in [6.45, 7) is 2.47. The third-order valence-corrected chi connectivity index (χ3v) is 5.61. The van der Waals surface area contributed by atoms with E-state index in [9.17, 15) is 9.59 Å². The van der Waals surface area contributed by atoms with Crippen molar-refractivity contribution in [2.45, 2.75) is 51.0 Å². The lowest BCUT2D eigenvalue weighted by Gasteiger charge is -2.36. The van der Waals surface area contributed by atoms with Crippen molar-refractivity contribution < 1.29 is 14.3 Å². The van der Waals surface area contributed by atoms with Crippen molar-refractivity contribution in [3.05, 3.63) is 29.8 Å². The molecule has 0 radical (unpaired) electrons. The molecule has 0 aromatic heterocycles. The van der Waals surface area contributed by atoms with E-state index in [0.29, 0.717) is 45.1 Å². The zero-order chi connectivity index (χ0) is 19.1. The Morgan fingerprint density at radius 3 is 2.48 bits per heavy atom. The molecular weight excluding hydrogens is 342 g/mol. The highest BCUT2D eigenvalue weighted by molar-refractivity contribution is 5.78. The first kappa shape index (κ1) is 19.5. The molecule has 27 heavy (non-hydrogen) atoms. The molecule has 1 aromatic carbocycles. The summed E-state index contributed by atoms with van der Waals surface area (Å²) in [5, 5.41) is 3.16. The average molecular weight is 373 g/mol. The Kier molecular flexibility index (Phi) is 6.96. The van der Waals surface area contributed by atoms with Gasteiger partial charge in [-0.25, -0.2) is 4.79 Å². The lowest BCUT2D eigenvalue weighted by atomic mass is 9.96. The van der Waals surface area contributed by atoms with E-state index in [1.54, 1.807) is 7.11 Å². The smallest absolute Gasteiger partial charge is 0.317 e. The van der Waals surface area contributed by atoms with E-state index in [0.717, 1.165) is 24.2 Å². The Morgan fingerprint density at radius 1 is 1.07 bits per heavy atom. The summed E-state index contributed by atoms with van der Waals surface area (Å²) in [4.78, 5) is 28.6. The number of nitrogens with one attached hydrogen (secondary N) is 1. The Labute approximate surface area is 161 Å². The summed E-state index contributed by atoms with van der Waals surface area (Å²) in [5.74, 6) is 0.975. The summed E-state index contributed by atoms with van der Waals surface area (Å²) < 4.78 is 5.23. The van der Waals surface area contributed by atoms with Crippen LogP contribution in [0, 0.1) is 0 Å². The topological polar surface area (TPSA) is 61.9 Å². The van der Waals surface area contributed by atoms with E-state index in [1.807, 2.05) is 34.1 Å². The van der Waals surface area contributed by atoms with E-state index >= 15 is 0 Å². The van der Waals surface area contributed by atoms with Gasteiger partial charge < -0.3 is 19.9 Å². The number of urea groups is 1. The maximum atomic E-state index is 12.5. The van der Waals surface area contributed by atoms with Gasteiger partial charge in [0.05, 0.1) is 7.11 Å². The van der Waals surface area contributed by atoms with Crippen LogP contribution in [-0.4, -0.2) is 61.1 Å². The summed E-state index contributed by atoms with van der Waals surface area (Å²) >= 11 is 0. The molecule has 1 saturated carbocycles. The molecule has 0 bridgehead atoms. The van der Waals surface area contributed by atoms with Crippen molar-refractivity contribution in [1.82, 2.24) is 15.1 Å². The number of nitrogens with zero attached hydrogens (tertiary/aromatic N) is 2. The molecule has 0 unspecified atom stereocenters. The van der Waals surface area contributed by atoms with Gasteiger partial charge >= 0.3 is 6.03 Å². The molecule has 0 spiro atoms. The van der Waals surface area contributed by atoms with Crippen molar-refractivity contribution in [1.29, 1.82) is 0 Å². The van der Waals surface area contributed by atoms with Crippen molar-refractivity contribution in [3.63, 3.8) is 0 Å². The molecule has 1 aromatic rings. The van der Waals surface area contributed by atoms with Gasteiger partial charge in [-0.3, -0.25) is 4.79 Å². The van der Waals surface area contributed by atoms with Crippen LogP contribution in [-0.2, 0) is 11.2 Å². The number of hydrogen-bond acceptors (Lipinski definition) is 3. The second-order valence-electron chi connectivity index (χ2n) is 7.50.